The molecule has 3 heterocycles. The van der Waals surface area contributed by atoms with Gasteiger partial charge >= 0.3 is 6.18 Å². The molecule has 0 atom stereocenters. The van der Waals surface area contributed by atoms with Gasteiger partial charge in [-0.2, -0.15) is 13.2 Å². The van der Waals surface area contributed by atoms with E-state index >= 15 is 0 Å². The molecule has 1 fully saturated rings. The number of sulfonamides is 1. The zero-order valence-corrected chi connectivity index (χ0v) is 15.7. The van der Waals surface area contributed by atoms with Crippen LogP contribution >= 0.6 is 0 Å². The Hall–Kier alpha value is -2.44. The molecule has 0 bridgehead atoms. The molecule has 2 N–H and O–H groups in total. The Morgan fingerprint density at radius 1 is 1.29 bits per heavy atom. The van der Waals surface area contributed by atoms with E-state index in [-0.39, 0.29) is 29.5 Å². The van der Waals surface area contributed by atoms with E-state index in [9.17, 15) is 26.4 Å². The minimum Gasteiger partial charge on any atom is -0.377 e. The van der Waals surface area contributed by atoms with Crippen LogP contribution in [0.3, 0.4) is 0 Å². The standard InChI is InChI=1S/C16H17F3N4O4S/c1-15(8-27-9-15)22-28(25,26)12-4-13(23(2)7-12)14(24)21-11-3-10(5-20-6-11)16(17,18)19/h3-7,22H,8-9H2,1-2H3,(H,21,24). The largest absolute Gasteiger partial charge is 0.417 e. The lowest BCUT2D eigenvalue weighted by Gasteiger charge is -2.38. The number of nitrogens with zero attached hydrogens (tertiary/aromatic N) is 2. The molecule has 0 unspecified atom stereocenters. The summed E-state index contributed by atoms with van der Waals surface area (Å²) >= 11 is 0. The summed E-state index contributed by atoms with van der Waals surface area (Å²) in [5.74, 6) is -0.775. The molecule has 152 valence electrons. The third kappa shape index (κ3) is 4.18. The Bertz CT molecular complexity index is 1010. The smallest absolute Gasteiger partial charge is 0.377 e. The van der Waals surface area contributed by atoms with Crippen molar-refractivity contribution in [3.05, 3.63) is 42.0 Å². The first-order chi connectivity index (χ1) is 12.9. The van der Waals surface area contributed by atoms with Crippen molar-refractivity contribution in [1.82, 2.24) is 14.3 Å². The van der Waals surface area contributed by atoms with Crippen LogP contribution in [-0.2, 0) is 28.0 Å². The third-order valence-corrected chi connectivity index (χ3v) is 5.67. The fourth-order valence-corrected chi connectivity index (χ4v) is 4.06. The molecule has 12 heteroatoms. The summed E-state index contributed by atoms with van der Waals surface area (Å²) < 4.78 is 72.0. The van der Waals surface area contributed by atoms with Crippen LogP contribution in [0.2, 0.25) is 0 Å². The molecule has 1 aliphatic rings. The molecule has 28 heavy (non-hydrogen) atoms. The van der Waals surface area contributed by atoms with E-state index in [2.05, 4.69) is 15.0 Å². The van der Waals surface area contributed by atoms with Crippen molar-refractivity contribution in [2.75, 3.05) is 18.5 Å². The highest BCUT2D eigenvalue weighted by molar-refractivity contribution is 7.89. The Morgan fingerprint density at radius 3 is 2.54 bits per heavy atom. The van der Waals surface area contributed by atoms with Gasteiger partial charge in [0.2, 0.25) is 10.0 Å². The number of hydrogen-bond acceptors (Lipinski definition) is 5. The molecule has 1 amide bonds. The van der Waals surface area contributed by atoms with Gasteiger partial charge in [0.15, 0.2) is 0 Å². The lowest BCUT2D eigenvalue weighted by Crippen LogP contribution is -2.59. The van der Waals surface area contributed by atoms with Crippen molar-refractivity contribution in [1.29, 1.82) is 0 Å². The Morgan fingerprint density at radius 2 is 1.96 bits per heavy atom. The number of aromatic nitrogens is 2. The first-order valence-electron chi connectivity index (χ1n) is 8.01. The predicted molar refractivity (Wildman–Crippen MR) is 92.2 cm³/mol. The lowest BCUT2D eigenvalue weighted by atomic mass is 10.0. The van der Waals surface area contributed by atoms with Gasteiger partial charge in [-0.15, -0.1) is 0 Å². The van der Waals surface area contributed by atoms with Gasteiger partial charge in [0.05, 0.1) is 36.2 Å². The average Bonchev–Trinajstić information content (AvgIpc) is 2.95. The number of rotatable bonds is 5. The second-order valence-corrected chi connectivity index (χ2v) is 8.43. The Labute approximate surface area is 158 Å². The Balaban J connectivity index is 1.80. The number of carbonyl (C=O) groups excluding carboxylic acids is 1. The number of pyridine rings is 1. The maximum atomic E-state index is 12.8. The van der Waals surface area contributed by atoms with E-state index in [4.69, 9.17) is 4.74 Å². The minimum absolute atomic E-state index is 0.0483. The molecule has 8 nitrogen and oxygen atoms in total. The summed E-state index contributed by atoms with van der Waals surface area (Å²) in [7, 11) is -2.45. The normalized spacial score (nSPS) is 16.5. The predicted octanol–water partition coefficient (Wildman–Crippen LogP) is 1.76. The van der Waals surface area contributed by atoms with Gasteiger partial charge in [0.1, 0.15) is 10.6 Å². The van der Waals surface area contributed by atoms with E-state index in [1.54, 1.807) is 6.92 Å². The number of amides is 1. The van der Waals surface area contributed by atoms with Crippen LogP contribution in [0.15, 0.2) is 35.6 Å². The van der Waals surface area contributed by atoms with Gasteiger partial charge in [0.25, 0.3) is 5.91 Å². The number of aryl methyl sites for hydroxylation is 1. The molecular weight excluding hydrogens is 401 g/mol. The van der Waals surface area contributed by atoms with Gasteiger partial charge in [-0.25, -0.2) is 13.1 Å². The maximum Gasteiger partial charge on any atom is 0.417 e. The number of ether oxygens (including phenoxy) is 1. The lowest BCUT2D eigenvalue weighted by molar-refractivity contribution is -0.137. The van der Waals surface area contributed by atoms with E-state index in [1.807, 2.05) is 0 Å². The molecule has 1 saturated heterocycles. The average molecular weight is 418 g/mol. The van der Waals surface area contributed by atoms with Crippen molar-refractivity contribution in [2.45, 2.75) is 23.5 Å². The van der Waals surface area contributed by atoms with Crippen molar-refractivity contribution >= 4 is 21.6 Å². The zero-order valence-electron chi connectivity index (χ0n) is 14.9. The number of alkyl halides is 3. The fraction of sp³-hybridized carbons (Fsp3) is 0.375. The number of nitrogens with one attached hydrogen (secondary N) is 2. The summed E-state index contributed by atoms with van der Waals surface area (Å²) in [5.41, 5.74) is -1.95. The SMILES string of the molecule is Cn1cc(S(=O)(=O)NC2(C)COC2)cc1C(=O)Nc1cncc(C(F)(F)F)c1. The molecule has 0 saturated carbocycles. The minimum atomic E-state index is -4.60. The van der Waals surface area contributed by atoms with Gasteiger partial charge in [0, 0.05) is 19.4 Å². The van der Waals surface area contributed by atoms with Crippen molar-refractivity contribution in [2.24, 2.45) is 7.05 Å². The van der Waals surface area contributed by atoms with Crippen LogP contribution in [0.1, 0.15) is 23.0 Å². The Kier molecular flexibility index (Phi) is 4.98. The molecule has 0 spiro atoms. The van der Waals surface area contributed by atoms with Gasteiger partial charge in [-0.1, -0.05) is 0 Å². The molecule has 0 aromatic carbocycles. The topological polar surface area (TPSA) is 102 Å². The summed E-state index contributed by atoms with van der Waals surface area (Å²) in [6.45, 7) is 2.15. The van der Waals surface area contributed by atoms with Crippen molar-refractivity contribution in [3.8, 4) is 0 Å². The second kappa shape index (κ2) is 6.87. The van der Waals surface area contributed by atoms with Crippen LogP contribution < -0.4 is 10.0 Å². The van der Waals surface area contributed by atoms with Crippen LogP contribution in [0.5, 0.6) is 0 Å². The number of hydrogen-bond donors (Lipinski definition) is 2. The van der Waals surface area contributed by atoms with E-state index in [0.717, 1.165) is 18.3 Å². The highest BCUT2D eigenvalue weighted by atomic mass is 32.2. The van der Waals surface area contributed by atoms with Gasteiger partial charge in [-0.05, 0) is 19.1 Å². The summed E-state index contributed by atoms with van der Waals surface area (Å²) in [6.07, 6.45) is -1.66. The van der Waals surface area contributed by atoms with Crippen LogP contribution in [-0.4, -0.2) is 42.6 Å². The van der Waals surface area contributed by atoms with Crippen LogP contribution in [0.4, 0.5) is 18.9 Å². The number of carbonyl (C=O) groups is 1. The van der Waals surface area contributed by atoms with E-state index in [1.165, 1.54) is 17.8 Å². The van der Waals surface area contributed by atoms with E-state index < -0.39 is 33.2 Å². The fourth-order valence-electron chi connectivity index (χ4n) is 2.62. The first kappa shape index (κ1) is 20.3. The highest BCUT2D eigenvalue weighted by Crippen LogP contribution is 2.30. The molecule has 2 aromatic heterocycles. The summed E-state index contributed by atoms with van der Waals surface area (Å²) in [6, 6.07) is 1.88. The second-order valence-electron chi connectivity index (χ2n) is 6.75. The quantitative estimate of drug-likeness (QED) is 0.771. The molecule has 0 aliphatic carbocycles. The molecule has 0 radical (unpaired) electrons. The number of anilines is 1. The summed E-state index contributed by atoms with van der Waals surface area (Å²) in [5, 5.41) is 2.29. The maximum absolute atomic E-state index is 12.8. The van der Waals surface area contributed by atoms with Crippen LogP contribution in [0, 0.1) is 0 Å². The third-order valence-electron chi connectivity index (χ3n) is 4.07. The first-order valence-corrected chi connectivity index (χ1v) is 9.50. The molecular formula is C16H17F3N4O4S. The zero-order chi connectivity index (χ0) is 20.7. The monoisotopic (exact) mass is 418 g/mol. The highest BCUT2D eigenvalue weighted by Gasteiger charge is 2.38. The van der Waals surface area contributed by atoms with Crippen molar-refractivity contribution < 1.29 is 31.1 Å². The number of halogens is 3. The summed E-state index contributed by atoms with van der Waals surface area (Å²) in [4.78, 5) is 15.7. The molecule has 2 aromatic rings. The van der Waals surface area contributed by atoms with Gasteiger partial charge < -0.3 is 14.6 Å². The molecule has 3 rings (SSSR count). The van der Waals surface area contributed by atoms with Crippen molar-refractivity contribution in [3.63, 3.8) is 0 Å². The van der Waals surface area contributed by atoms with Crippen LogP contribution in [0.25, 0.3) is 0 Å². The molecule has 1 aliphatic heterocycles. The van der Waals surface area contributed by atoms with E-state index in [0.29, 0.717) is 6.20 Å². The van der Waals surface area contributed by atoms with Gasteiger partial charge in [-0.3, -0.25) is 9.78 Å².